The molecule has 0 unspecified atom stereocenters. The highest BCUT2D eigenvalue weighted by Gasteiger charge is 2.31. The first-order valence-electron chi connectivity index (χ1n) is 9.73. The maximum Gasteiger partial charge on any atom is 0.416 e. The van der Waals surface area contributed by atoms with E-state index < -0.39 is 11.7 Å². The zero-order chi connectivity index (χ0) is 22.3. The number of hydrogen-bond donors (Lipinski definition) is 2. The van der Waals surface area contributed by atoms with Crippen LogP contribution in [0.3, 0.4) is 0 Å². The Bertz CT molecular complexity index is 1200. The van der Waals surface area contributed by atoms with Crippen LogP contribution in [0, 0.1) is 5.92 Å². The number of carbonyl (C=O) groups excluding carboxylic acids is 1. The van der Waals surface area contributed by atoms with Crippen molar-refractivity contribution in [2.24, 2.45) is 18.7 Å². The van der Waals surface area contributed by atoms with Gasteiger partial charge in [0.25, 0.3) is 5.56 Å². The minimum Gasteiger partial charge on any atom is -0.369 e. The average molecular weight is 431 g/mol. The Kier molecular flexibility index (Phi) is 5.16. The van der Waals surface area contributed by atoms with E-state index in [-0.39, 0.29) is 28.8 Å². The van der Waals surface area contributed by atoms with Gasteiger partial charge in [0, 0.05) is 30.8 Å². The number of alkyl halides is 3. The van der Waals surface area contributed by atoms with Crippen LogP contribution in [0.4, 0.5) is 19.0 Å². The number of halogens is 3. The van der Waals surface area contributed by atoms with E-state index in [1.807, 2.05) is 0 Å². The Morgan fingerprint density at radius 1 is 1.19 bits per heavy atom. The van der Waals surface area contributed by atoms with Gasteiger partial charge >= 0.3 is 6.18 Å². The fourth-order valence-corrected chi connectivity index (χ4v) is 3.94. The Labute approximate surface area is 175 Å². The number of nitrogens with two attached hydrogens (primary N) is 1. The predicted octanol–water partition coefficient (Wildman–Crippen LogP) is 3.08. The van der Waals surface area contributed by atoms with E-state index in [9.17, 15) is 22.8 Å². The van der Waals surface area contributed by atoms with E-state index in [0.29, 0.717) is 41.7 Å². The third-order valence-corrected chi connectivity index (χ3v) is 5.64. The second-order valence-electron chi connectivity index (χ2n) is 7.73. The van der Waals surface area contributed by atoms with Gasteiger partial charge in [0.1, 0.15) is 11.2 Å². The summed E-state index contributed by atoms with van der Waals surface area (Å²) < 4.78 is 40.0. The zero-order valence-corrected chi connectivity index (χ0v) is 16.6. The van der Waals surface area contributed by atoms with Crippen molar-refractivity contribution in [3.05, 3.63) is 52.7 Å². The monoisotopic (exact) mass is 431 g/mol. The SMILES string of the molecule is Cn1cnc2c(-c3ccc(C(F)(F)F)cc3)cnc(N[C@H]3CC[C@H](C(N)=O)C3)c2c1=O. The molecule has 1 aliphatic carbocycles. The molecule has 162 valence electrons. The molecule has 3 aromatic rings. The van der Waals surface area contributed by atoms with Crippen LogP contribution in [0.2, 0.25) is 0 Å². The number of benzene rings is 1. The second-order valence-corrected chi connectivity index (χ2v) is 7.73. The third kappa shape index (κ3) is 3.97. The largest absolute Gasteiger partial charge is 0.416 e. The number of aromatic nitrogens is 3. The standard InChI is InChI=1S/C21H20F3N5O2/c1-29-10-27-17-15(11-2-5-13(6-3-11)21(22,23)24)9-26-19(16(17)20(29)31)28-14-7-4-12(8-14)18(25)30/h2-3,5-6,9-10,12,14H,4,7-8H2,1H3,(H2,25,30)(H,26,28)/t12-,14-/m0/s1. The van der Waals surface area contributed by atoms with Crippen LogP contribution in [0.25, 0.3) is 22.0 Å². The topological polar surface area (TPSA) is 103 Å². The van der Waals surface area contributed by atoms with Gasteiger partial charge < -0.3 is 15.6 Å². The molecule has 0 spiro atoms. The molecular formula is C21H20F3N5O2. The first kappa shape index (κ1) is 20.8. The van der Waals surface area contributed by atoms with Gasteiger partial charge in [-0.15, -0.1) is 0 Å². The second kappa shape index (κ2) is 7.68. The summed E-state index contributed by atoms with van der Waals surface area (Å²) in [6, 6.07) is 4.56. The average Bonchev–Trinajstić information content (AvgIpc) is 3.19. The van der Waals surface area contributed by atoms with Crippen molar-refractivity contribution in [1.82, 2.24) is 14.5 Å². The van der Waals surface area contributed by atoms with E-state index in [1.54, 1.807) is 7.05 Å². The number of anilines is 1. The van der Waals surface area contributed by atoms with E-state index in [4.69, 9.17) is 5.73 Å². The van der Waals surface area contributed by atoms with Gasteiger partial charge in [0.2, 0.25) is 5.91 Å². The fourth-order valence-electron chi connectivity index (χ4n) is 3.94. The van der Waals surface area contributed by atoms with Gasteiger partial charge in [0.05, 0.1) is 17.4 Å². The van der Waals surface area contributed by atoms with Gasteiger partial charge in [-0.1, -0.05) is 12.1 Å². The molecule has 7 nitrogen and oxygen atoms in total. The summed E-state index contributed by atoms with van der Waals surface area (Å²) in [7, 11) is 1.56. The predicted molar refractivity (Wildman–Crippen MR) is 109 cm³/mol. The molecule has 0 bridgehead atoms. The zero-order valence-electron chi connectivity index (χ0n) is 16.6. The van der Waals surface area contributed by atoms with Crippen LogP contribution in [-0.2, 0) is 18.0 Å². The smallest absolute Gasteiger partial charge is 0.369 e. The van der Waals surface area contributed by atoms with Crippen LogP contribution >= 0.6 is 0 Å². The summed E-state index contributed by atoms with van der Waals surface area (Å²) in [5, 5.41) is 3.46. The minimum atomic E-state index is -4.44. The summed E-state index contributed by atoms with van der Waals surface area (Å²) in [5.41, 5.74) is 5.55. The van der Waals surface area contributed by atoms with Crippen LogP contribution in [0.5, 0.6) is 0 Å². The first-order valence-corrected chi connectivity index (χ1v) is 9.73. The van der Waals surface area contributed by atoms with Crippen molar-refractivity contribution >= 4 is 22.6 Å². The maximum atomic E-state index is 12.9. The van der Waals surface area contributed by atoms with Crippen molar-refractivity contribution in [3.8, 4) is 11.1 Å². The molecule has 0 radical (unpaired) electrons. The van der Waals surface area contributed by atoms with Crippen molar-refractivity contribution in [2.75, 3.05) is 5.32 Å². The summed E-state index contributed by atoms with van der Waals surface area (Å²) in [4.78, 5) is 33.1. The number of pyridine rings is 1. The lowest BCUT2D eigenvalue weighted by molar-refractivity contribution is -0.137. The molecule has 2 atom stereocenters. The first-order chi connectivity index (χ1) is 14.6. The third-order valence-electron chi connectivity index (χ3n) is 5.64. The maximum absolute atomic E-state index is 12.9. The van der Waals surface area contributed by atoms with Crippen LogP contribution in [-0.4, -0.2) is 26.5 Å². The molecule has 0 saturated heterocycles. The number of rotatable bonds is 4. The molecule has 4 rings (SSSR count). The number of nitrogens with one attached hydrogen (secondary N) is 1. The number of hydrogen-bond acceptors (Lipinski definition) is 5. The Morgan fingerprint density at radius 3 is 2.52 bits per heavy atom. The van der Waals surface area contributed by atoms with Crippen LogP contribution in [0.15, 0.2) is 41.6 Å². The molecule has 2 heterocycles. The van der Waals surface area contributed by atoms with Crippen LogP contribution in [0.1, 0.15) is 24.8 Å². The van der Waals surface area contributed by atoms with Gasteiger partial charge in [-0.2, -0.15) is 13.2 Å². The van der Waals surface area contributed by atoms with Crippen molar-refractivity contribution < 1.29 is 18.0 Å². The number of aryl methyl sites for hydroxylation is 1. The highest BCUT2D eigenvalue weighted by molar-refractivity contribution is 5.98. The highest BCUT2D eigenvalue weighted by atomic mass is 19.4. The molecule has 1 amide bonds. The van der Waals surface area contributed by atoms with E-state index in [1.165, 1.54) is 29.2 Å². The highest BCUT2D eigenvalue weighted by Crippen LogP contribution is 2.34. The lowest BCUT2D eigenvalue weighted by Crippen LogP contribution is -2.25. The van der Waals surface area contributed by atoms with E-state index >= 15 is 0 Å². The minimum absolute atomic E-state index is 0.0740. The fraction of sp³-hybridized carbons (Fsp3) is 0.333. The lowest BCUT2D eigenvalue weighted by atomic mass is 10.0. The molecule has 1 saturated carbocycles. The van der Waals surface area contributed by atoms with E-state index in [2.05, 4.69) is 15.3 Å². The van der Waals surface area contributed by atoms with Crippen molar-refractivity contribution in [3.63, 3.8) is 0 Å². The number of nitrogens with zero attached hydrogens (tertiary/aromatic N) is 3. The summed E-state index contributed by atoms with van der Waals surface area (Å²) >= 11 is 0. The molecule has 31 heavy (non-hydrogen) atoms. The number of carbonyl (C=O) groups is 1. The van der Waals surface area contributed by atoms with Gasteiger partial charge in [0.15, 0.2) is 0 Å². The number of amides is 1. The summed E-state index contributed by atoms with van der Waals surface area (Å²) in [5.74, 6) is -0.247. The number of primary amides is 1. The summed E-state index contributed by atoms with van der Waals surface area (Å²) in [6.45, 7) is 0. The molecular weight excluding hydrogens is 411 g/mol. The molecule has 1 fully saturated rings. The van der Waals surface area contributed by atoms with Gasteiger partial charge in [-0.3, -0.25) is 9.59 Å². The van der Waals surface area contributed by atoms with Crippen molar-refractivity contribution in [2.45, 2.75) is 31.5 Å². The molecule has 2 aromatic heterocycles. The Morgan fingerprint density at radius 2 is 1.90 bits per heavy atom. The van der Waals surface area contributed by atoms with Crippen LogP contribution < -0.4 is 16.6 Å². The number of fused-ring (bicyclic) bond motifs is 1. The molecule has 10 heteroatoms. The van der Waals surface area contributed by atoms with Gasteiger partial charge in [-0.25, -0.2) is 9.97 Å². The Balaban J connectivity index is 1.76. The molecule has 0 aliphatic heterocycles. The van der Waals surface area contributed by atoms with Crippen molar-refractivity contribution in [1.29, 1.82) is 0 Å². The Hall–Kier alpha value is -3.43. The summed E-state index contributed by atoms with van der Waals surface area (Å²) in [6.07, 6.45) is 0.314. The molecule has 3 N–H and O–H groups in total. The lowest BCUT2D eigenvalue weighted by Gasteiger charge is -2.16. The normalized spacial score (nSPS) is 19.0. The quantitative estimate of drug-likeness (QED) is 0.661. The van der Waals surface area contributed by atoms with Gasteiger partial charge in [-0.05, 0) is 37.0 Å². The molecule has 1 aliphatic rings. The molecule has 1 aromatic carbocycles. The van der Waals surface area contributed by atoms with E-state index in [0.717, 1.165) is 12.1 Å².